The van der Waals surface area contributed by atoms with Crippen LogP contribution in [0.4, 0.5) is 34.1 Å². The fourth-order valence-electron chi connectivity index (χ4n) is 5.53. The summed E-state index contributed by atoms with van der Waals surface area (Å²) in [4.78, 5) is 61.1. The first-order valence-corrected chi connectivity index (χ1v) is 14.4. The molecule has 1 unspecified atom stereocenters. The molecule has 1 aliphatic rings. The maximum Gasteiger partial charge on any atom is 0.247 e. The number of anilines is 6. The number of para-hydroxylation sites is 6. The van der Waals surface area contributed by atoms with Gasteiger partial charge in [-0.3, -0.25) is 29.0 Å². The van der Waals surface area contributed by atoms with E-state index in [0.717, 1.165) is 0 Å². The second kappa shape index (κ2) is 12.4. The van der Waals surface area contributed by atoms with Gasteiger partial charge in [0.2, 0.25) is 23.6 Å². The van der Waals surface area contributed by atoms with Crippen molar-refractivity contribution in [3.8, 4) is 0 Å². The quantitative estimate of drug-likeness (QED) is 0.200. The molecule has 9 heteroatoms. The van der Waals surface area contributed by atoms with Crippen molar-refractivity contribution in [1.29, 1.82) is 0 Å². The number of nitrogens with two attached hydrogens (primary N) is 1. The van der Waals surface area contributed by atoms with E-state index in [-0.39, 0.29) is 18.5 Å². The Bertz CT molecular complexity index is 1690. The van der Waals surface area contributed by atoms with Gasteiger partial charge >= 0.3 is 0 Å². The molecule has 224 valence electrons. The van der Waals surface area contributed by atoms with Gasteiger partial charge in [0.1, 0.15) is 12.0 Å². The van der Waals surface area contributed by atoms with E-state index in [1.807, 2.05) is 50.2 Å². The van der Waals surface area contributed by atoms with Gasteiger partial charge in [0.25, 0.3) is 0 Å². The van der Waals surface area contributed by atoms with E-state index in [9.17, 15) is 19.2 Å². The number of carbonyl (C=O) groups excluding carboxylic acids is 4. The van der Waals surface area contributed by atoms with Gasteiger partial charge in [-0.25, -0.2) is 0 Å². The summed E-state index contributed by atoms with van der Waals surface area (Å²) in [5.41, 5.74) is 6.92. The highest BCUT2D eigenvalue weighted by Gasteiger charge is 2.52. The van der Waals surface area contributed by atoms with Crippen molar-refractivity contribution < 1.29 is 19.2 Å². The lowest BCUT2D eigenvalue weighted by molar-refractivity contribution is -0.142. The van der Waals surface area contributed by atoms with E-state index in [0.29, 0.717) is 34.1 Å². The fraction of sp³-hybridized carbons (Fsp3) is 0.200. The summed E-state index contributed by atoms with van der Waals surface area (Å²) < 4.78 is 0. The van der Waals surface area contributed by atoms with E-state index in [1.165, 1.54) is 16.7 Å². The summed E-state index contributed by atoms with van der Waals surface area (Å²) in [7, 11) is 0. The lowest BCUT2D eigenvalue weighted by atomic mass is 9.83. The maximum absolute atomic E-state index is 14.6. The highest BCUT2D eigenvalue weighted by molar-refractivity contribution is 6.25. The first-order chi connectivity index (χ1) is 21.1. The summed E-state index contributed by atoms with van der Waals surface area (Å²) in [6.07, 6.45) is -0.479. The average Bonchev–Trinajstić information content (AvgIpc) is 3.07. The third-order valence-electron chi connectivity index (χ3n) is 7.68. The van der Waals surface area contributed by atoms with Crippen molar-refractivity contribution in [2.45, 2.75) is 33.2 Å². The van der Waals surface area contributed by atoms with Crippen LogP contribution in [0, 0.1) is 5.41 Å². The lowest BCUT2D eigenvalue weighted by Gasteiger charge is -2.33. The van der Waals surface area contributed by atoms with Gasteiger partial charge in [0, 0.05) is 17.4 Å². The van der Waals surface area contributed by atoms with Crippen LogP contribution in [0.25, 0.3) is 0 Å². The predicted molar refractivity (Wildman–Crippen MR) is 174 cm³/mol. The molecule has 0 spiro atoms. The van der Waals surface area contributed by atoms with Crippen LogP contribution in [0.2, 0.25) is 0 Å². The molecule has 3 N–H and O–H groups in total. The molecule has 0 fully saturated rings. The Morgan fingerprint density at radius 2 is 1.36 bits per heavy atom. The molecule has 0 radical (unpaired) electrons. The predicted octanol–water partition coefficient (Wildman–Crippen LogP) is 5.76. The number of carbonyl (C=O) groups is 4. The van der Waals surface area contributed by atoms with E-state index in [2.05, 4.69) is 5.32 Å². The molecule has 0 bridgehead atoms. The minimum Gasteiger partial charge on any atom is -0.397 e. The van der Waals surface area contributed by atoms with Crippen molar-refractivity contribution in [2.24, 2.45) is 5.41 Å². The number of nitrogen functional groups attached to an aromatic ring is 1. The van der Waals surface area contributed by atoms with Crippen LogP contribution in [-0.2, 0) is 19.2 Å². The average molecular weight is 590 g/mol. The number of nitrogens with zero attached hydrogens (tertiary/aromatic N) is 3. The number of hydrogen-bond donors (Lipinski definition) is 2. The maximum atomic E-state index is 14.6. The number of benzene rings is 4. The Kier molecular flexibility index (Phi) is 8.48. The first-order valence-electron chi connectivity index (χ1n) is 14.4. The summed E-state index contributed by atoms with van der Waals surface area (Å²) in [5, 5.41) is 2.75. The number of nitrogens with one attached hydrogen (secondary N) is 1. The third-order valence-corrected chi connectivity index (χ3v) is 7.68. The van der Waals surface area contributed by atoms with Crippen LogP contribution in [0.3, 0.4) is 0 Å². The monoisotopic (exact) mass is 589 g/mol. The normalized spacial score (nSPS) is 16.4. The molecule has 4 aromatic carbocycles. The molecular weight excluding hydrogens is 554 g/mol. The van der Waals surface area contributed by atoms with Gasteiger partial charge in [0.15, 0.2) is 0 Å². The van der Waals surface area contributed by atoms with Gasteiger partial charge in [-0.05, 0) is 69.3 Å². The number of amides is 4. The molecule has 5 rings (SSSR count). The largest absolute Gasteiger partial charge is 0.397 e. The van der Waals surface area contributed by atoms with E-state index < -0.39 is 29.6 Å². The Hall–Kier alpha value is -5.44. The minimum atomic E-state index is -1.88. The SMILES string of the molecule is CC(C)N(C(=O)CN1C(=O)C(C)(CC(=O)Nc2ccccc2N)C(=O)N(c2ccccc2)c2ccccc21)c1ccccc1. The summed E-state index contributed by atoms with van der Waals surface area (Å²) >= 11 is 0. The van der Waals surface area contributed by atoms with Crippen molar-refractivity contribution in [3.63, 3.8) is 0 Å². The lowest BCUT2D eigenvalue weighted by Crippen LogP contribution is -2.53. The van der Waals surface area contributed by atoms with Gasteiger partial charge in [-0.2, -0.15) is 0 Å². The number of rotatable bonds is 8. The van der Waals surface area contributed by atoms with Crippen molar-refractivity contribution >= 4 is 57.8 Å². The minimum absolute atomic E-state index is 0.210. The molecule has 0 aromatic heterocycles. The Labute approximate surface area is 256 Å². The second-order valence-electron chi connectivity index (χ2n) is 11.2. The van der Waals surface area contributed by atoms with Crippen molar-refractivity contribution in [1.82, 2.24) is 0 Å². The molecule has 9 nitrogen and oxygen atoms in total. The molecule has 1 heterocycles. The molecule has 44 heavy (non-hydrogen) atoms. The van der Waals surface area contributed by atoms with Crippen LogP contribution in [-0.4, -0.2) is 36.2 Å². The van der Waals surface area contributed by atoms with Crippen molar-refractivity contribution in [3.05, 3.63) is 109 Å². The molecule has 1 atom stereocenters. The molecule has 0 saturated heterocycles. The van der Waals surface area contributed by atoms with Gasteiger partial charge in [-0.15, -0.1) is 0 Å². The molecule has 4 amide bonds. The van der Waals surface area contributed by atoms with Crippen LogP contribution >= 0.6 is 0 Å². The molecule has 1 aliphatic heterocycles. The highest BCUT2D eigenvalue weighted by atomic mass is 16.2. The van der Waals surface area contributed by atoms with Crippen molar-refractivity contribution in [2.75, 3.05) is 32.3 Å². The topological polar surface area (TPSA) is 116 Å². The Balaban J connectivity index is 1.60. The molecule has 4 aromatic rings. The highest BCUT2D eigenvalue weighted by Crippen LogP contribution is 2.44. The molecular formula is C35H35N5O4. The fourth-order valence-corrected chi connectivity index (χ4v) is 5.53. The summed E-state index contributed by atoms with van der Waals surface area (Å²) in [5.74, 6) is -2.14. The standard InChI is InChI=1S/C35H35N5O4/c1-24(2)39(25-14-6-4-7-15-25)32(42)23-38-29-20-12-13-21-30(29)40(26-16-8-5-9-17-26)34(44)35(3,33(38)43)22-31(41)37-28-19-11-10-18-27(28)36/h4-21,24H,22-23,36H2,1-3H3,(H,37,41). The van der Waals surface area contributed by atoms with E-state index >= 15 is 0 Å². The van der Waals surface area contributed by atoms with Gasteiger partial charge < -0.3 is 16.0 Å². The van der Waals surface area contributed by atoms with Crippen LogP contribution in [0.1, 0.15) is 27.2 Å². The van der Waals surface area contributed by atoms with Crippen LogP contribution < -0.4 is 25.8 Å². The van der Waals surface area contributed by atoms with Gasteiger partial charge in [0.05, 0.1) is 29.2 Å². The van der Waals surface area contributed by atoms with Crippen LogP contribution in [0.5, 0.6) is 0 Å². The zero-order chi connectivity index (χ0) is 31.4. The third kappa shape index (κ3) is 5.76. The van der Waals surface area contributed by atoms with E-state index in [1.54, 1.807) is 77.7 Å². The van der Waals surface area contributed by atoms with E-state index in [4.69, 9.17) is 5.73 Å². The Morgan fingerprint density at radius 1 is 0.795 bits per heavy atom. The zero-order valence-corrected chi connectivity index (χ0v) is 24.9. The molecule has 0 saturated carbocycles. The zero-order valence-electron chi connectivity index (χ0n) is 24.9. The first kappa shape index (κ1) is 30.0. The summed E-state index contributed by atoms with van der Waals surface area (Å²) in [6.45, 7) is 4.91. The number of fused-ring (bicyclic) bond motifs is 1. The van der Waals surface area contributed by atoms with Gasteiger partial charge in [-0.1, -0.05) is 60.7 Å². The Morgan fingerprint density at radius 3 is 2.00 bits per heavy atom. The smallest absolute Gasteiger partial charge is 0.247 e. The summed E-state index contributed by atoms with van der Waals surface area (Å²) in [6, 6.07) is 31.7. The number of hydrogen-bond acceptors (Lipinski definition) is 5. The molecule has 0 aliphatic carbocycles. The second-order valence-corrected chi connectivity index (χ2v) is 11.2. The van der Waals surface area contributed by atoms with Crippen LogP contribution in [0.15, 0.2) is 109 Å².